The number of carbonyl (C=O) groups excluding carboxylic acids is 1. The molecule has 0 heterocycles. The third-order valence-corrected chi connectivity index (χ3v) is 3.89. The maximum atomic E-state index is 12.3. The van der Waals surface area contributed by atoms with E-state index < -0.39 is 13.0 Å². The number of carbonyl (C=O) groups is 1. The highest BCUT2D eigenvalue weighted by molar-refractivity contribution is 6.10. The highest BCUT2D eigenvalue weighted by atomic mass is 19.3. The van der Waals surface area contributed by atoms with Crippen LogP contribution in [0, 0.1) is 0 Å². The van der Waals surface area contributed by atoms with Crippen molar-refractivity contribution in [1.82, 2.24) is 0 Å². The number of halogens is 2. The van der Waals surface area contributed by atoms with E-state index in [4.69, 9.17) is 4.74 Å². The second kappa shape index (κ2) is 5.90. The van der Waals surface area contributed by atoms with Crippen molar-refractivity contribution in [2.24, 2.45) is 0 Å². The smallest absolute Gasteiger partial charge is 0.261 e. The average molecular weight is 290 g/mol. The Morgan fingerprint density at radius 1 is 1.14 bits per heavy atom. The summed E-state index contributed by atoms with van der Waals surface area (Å²) in [4.78, 5) is 12.3. The van der Waals surface area contributed by atoms with E-state index in [1.165, 1.54) is 16.5 Å². The van der Waals surface area contributed by atoms with E-state index in [0.29, 0.717) is 5.56 Å². The minimum Gasteiger partial charge on any atom is -0.375 e. The first kappa shape index (κ1) is 14.1. The summed E-state index contributed by atoms with van der Waals surface area (Å²) in [5.41, 5.74) is 3.23. The number of alkyl halides is 2. The van der Waals surface area contributed by atoms with Gasteiger partial charge in [0.05, 0.1) is 6.61 Å². The zero-order chi connectivity index (χ0) is 14.8. The number of ether oxygens (including phenoxy) is 1. The summed E-state index contributed by atoms with van der Waals surface area (Å²) in [6.45, 7) is -0.580. The Labute approximate surface area is 121 Å². The fourth-order valence-corrected chi connectivity index (χ4v) is 2.96. The molecular weight excluding hydrogens is 274 g/mol. The van der Waals surface area contributed by atoms with E-state index >= 15 is 0 Å². The minimum atomic E-state index is -2.49. The Morgan fingerprint density at radius 2 is 1.90 bits per heavy atom. The Bertz CT molecular complexity index is 670. The molecule has 2 aromatic carbocycles. The number of aryl methyl sites for hydroxylation is 2. The molecule has 21 heavy (non-hydrogen) atoms. The average Bonchev–Trinajstić information content (AvgIpc) is 2.89. The van der Waals surface area contributed by atoms with Crippen molar-refractivity contribution in [2.45, 2.75) is 25.7 Å². The monoisotopic (exact) mass is 290 g/mol. The second-order valence-corrected chi connectivity index (χ2v) is 5.25. The molecule has 110 valence electrons. The Kier molecular flexibility index (Phi) is 3.97. The van der Waals surface area contributed by atoms with Crippen molar-refractivity contribution in [1.29, 1.82) is 0 Å². The van der Waals surface area contributed by atoms with Crippen LogP contribution in [0.5, 0.6) is 0 Å². The van der Waals surface area contributed by atoms with Gasteiger partial charge in [0.25, 0.3) is 6.43 Å². The zero-order valence-electron chi connectivity index (χ0n) is 11.6. The van der Waals surface area contributed by atoms with Crippen LogP contribution in [0.3, 0.4) is 0 Å². The second-order valence-electron chi connectivity index (χ2n) is 5.25. The van der Waals surface area contributed by atoms with Gasteiger partial charge in [-0.25, -0.2) is 8.78 Å². The zero-order valence-corrected chi connectivity index (χ0v) is 11.6. The van der Waals surface area contributed by atoms with E-state index in [2.05, 4.69) is 6.07 Å². The SMILES string of the molecule is O=C(CCOCC(F)F)c1ccc2c3c(cccc13)CC2. The molecule has 0 N–H and O–H groups in total. The van der Waals surface area contributed by atoms with Gasteiger partial charge < -0.3 is 4.74 Å². The number of hydrogen-bond acceptors (Lipinski definition) is 2. The summed E-state index contributed by atoms with van der Waals surface area (Å²) in [6, 6.07) is 9.88. The van der Waals surface area contributed by atoms with Crippen molar-refractivity contribution in [2.75, 3.05) is 13.2 Å². The molecule has 3 rings (SSSR count). The summed E-state index contributed by atoms with van der Waals surface area (Å²) in [5.74, 6) is -0.0557. The number of hydrogen-bond donors (Lipinski definition) is 0. The molecule has 0 spiro atoms. The predicted octanol–water partition coefficient (Wildman–Crippen LogP) is 3.79. The molecule has 0 saturated heterocycles. The summed E-state index contributed by atoms with van der Waals surface area (Å²) < 4.78 is 28.7. The first-order valence-corrected chi connectivity index (χ1v) is 7.09. The molecule has 2 aromatic rings. The molecule has 4 heteroatoms. The molecular formula is C17H16F2O2. The van der Waals surface area contributed by atoms with Crippen molar-refractivity contribution >= 4 is 16.6 Å². The van der Waals surface area contributed by atoms with E-state index in [1.54, 1.807) is 0 Å². The molecule has 0 atom stereocenters. The molecule has 1 aliphatic carbocycles. The van der Waals surface area contributed by atoms with Crippen LogP contribution in [-0.4, -0.2) is 25.4 Å². The van der Waals surface area contributed by atoms with Crippen LogP contribution < -0.4 is 0 Å². The first-order chi connectivity index (χ1) is 10.2. The topological polar surface area (TPSA) is 26.3 Å². The lowest BCUT2D eigenvalue weighted by atomic mass is 9.96. The highest BCUT2D eigenvalue weighted by Crippen LogP contribution is 2.33. The van der Waals surface area contributed by atoms with Crippen LogP contribution in [0.25, 0.3) is 10.8 Å². The van der Waals surface area contributed by atoms with Crippen LogP contribution in [0.15, 0.2) is 30.3 Å². The maximum absolute atomic E-state index is 12.3. The van der Waals surface area contributed by atoms with Crippen LogP contribution in [0.4, 0.5) is 8.78 Å². The maximum Gasteiger partial charge on any atom is 0.261 e. The van der Waals surface area contributed by atoms with Gasteiger partial charge in [-0.1, -0.05) is 30.3 Å². The lowest BCUT2D eigenvalue weighted by Crippen LogP contribution is -2.09. The fourth-order valence-electron chi connectivity index (χ4n) is 2.96. The quantitative estimate of drug-likeness (QED) is 0.597. The van der Waals surface area contributed by atoms with Gasteiger partial charge in [0.2, 0.25) is 0 Å². The van der Waals surface area contributed by atoms with Gasteiger partial charge in [-0.2, -0.15) is 0 Å². The van der Waals surface area contributed by atoms with E-state index in [0.717, 1.165) is 18.2 Å². The molecule has 0 fully saturated rings. The molecule has 2 nitrogen and oxygen atoms in total. The summed E-state index contributed by atoms with van der Waals surface area (Å²) >= 11 is 0. The van der Waals surface area contributed by atoms with Gasteiger partial charge in [-0.3, -0.25) is 4.79 Å². The summed E-state index contributed by atoms with van der Waals surface area (Å²) in [6.07, 6.45) is -0.327. The van der Waals surface area contributed by atoms with E-state index in [9.17, 15) is 13.6 Å². The van der Waals surface area contributed by atoms with Gasteiger partial charge in [0.15, 0.2) is 5.78 Å². The van der Waals surface area contributed by atoms with Crippen molar-refractivity contribution in [3.63, 3.8) is 0 Å². The lowest BCUT2D eigenvalue weighted by Gasteiger charge is -2.08. The normalized spacial score (nSPS) is 13.3. The van der Waals surface area contributed by atoms with E-state index in [1.807, 2.05) is 24.3 Å². The third-order valence-electron chi connectivity index (χ3n) is 3.89. The summed E-state index contributed by atoms with van der Waals surface area (Å²) in [7, 11) is 0. The number of Topliss-reactive ketones (excluding diaryl/α,β-unsaturated/α-hetero) is 1. The van der Waals surface area contributed by atoms with E-state index in [-0.39, 0.29) is 18.8 Å². The molecule has 0 amide bonds. The Morgan fingerprint density at radius 3 is 2.67 bits per heavy atom. The number of benzene rings is 2. The molecule has 1 aliphatic rings. The van der Waals surface area contributed by atoms with Crippen LogP contribution >= 0.6 is 0 Å². The Balaban J connectivity index is 1.80. The third kappa shape index (κ3) is 2.81. The lowest BCUT2D eigenvalue weighted by molar-refractivity contribution is 0.0170. The summed E-state index contributed by atoms with van der Waals surface area (Å²) in [5, 5.41) is 2.17. The highest BCUT2D eigenvalue weighted by Gasteiger charge is 2.18. The van der Waals surface area contributed by atoms with Crippen molar-refractivity contribution < 1.29 is 18.3 Å². The molecule has 0 unspecified atom stereocenters. The van der Waals surface area contributed by atoms with Crippen LogP contribution in [0.1, 0.15) is 27.9 Å². The standard InChI is InChI=1S/C17H16F2O2/c18-16(19)10-21-9-8-15(20)13-7-6-12-5-4-11-2-1-3-14(13)17(11)12/h1-3,6-7,16H,4-5,8-10H2. The molecule has 0 aromatic heterocycles. The van der Waals surface area contributed by atoms with Crippen LogP contribution in [-0.2, 0) is 17.6 Å². The number of rotatable bonds is 6. The molecule has 0 radical (unpaired) electrons. The van der Waals surface area contributed by atoms with Gasteiger partial charge >= 0.3 is 0 Å². The molecule has 0 saturated carbocycles. The fraction of sp³-hybridized carbons (Fsp3) is 0.353. The number of ketones is 1. The first-order valence-electron chi connectivity index (χ1n) is 7.09. The van der Waals surface area contributed by atoms with Crippen molar-refractivity contribution in [3.05, 3.63) is 47.0 Å². The van der Waals surface area contributed by atoms with Gasteiger partial charge in [0.1, 0.15) is 6.61 Å². The van der Waals surface area contributed by atoms with Gasteiger partial charge in [-0.05, 0) is 34.7 Å². The Hall–Kier alpha value is -1.81. The molecule has 0 aliphatic heterocycles. The van der Waals surface area contributed by atoms with Crippen molar-refractivity contribution in [3.8, 4) is 0 Å². The van der Waals surface area contributed by atoms with Gasteiger partial charge in [-0.15, -0.1) is 0 Å². The predicted molar refractivity (Wildman–Crippen MR) is 77.1 cm³/mol. The minimum absolute atomic E-state index is 0.0338. The largest absolute Gasteiger partial charge is 0.375 e. The molecule has 0 bridgehead atoms. The van der Waals surface area contributed by atoms with Crippen LogP contribution in [0.2, 0.25) is 0 Å². The van der Waals surface area contributed by atoms with Gasteiger partial charge in [0, 0.05) is 12.0 Å².